The molecule has 0 fully saturated rings. The highest BCUT2D eigenvalue weighted by Gasteiger charge is 2.36. The normalized spacial score (nSPS) is 14.4. The summed E-state index contributed by atoms with van der Waals surface area (Å²) in [5, 5.41) is 0.930. The Balaban J connectivity index is 1.62. The zero-order valence-corrected chi connectivity index (χ0v) is 27.1. The number of aryl methyl sites for hydroxylation is 1. The third kappa shape index (κ3) is 6.08. The van der Waals surface area contributed by atoms with Crippen LogP contribution in [0.25, 0.3) is 16.9 Å². The molecule has 0 saturated heterocycles. The summed E-state index contributed by atoms with van der Waals surface area (Å²) in [4.78, 5) is 35.5. The lowest BCUT2D eigenvalue weighted by molar-refractivity contribution is 0.0265. The fourth-order valence-electron chi connectivity index (χ4n) is 5.59. The first-order valence-electron chi connectivity index (χ1n) is 14.3. The van der Waals surface area contributed by atoms with Crippen LogP contribution in [0.1, 0.15) is 60.4 Å². The van der Waals surface area contributed by atoms with Gasteiger partial charge in [0.15, 0.2) is 11.6 Å². The van der Waals surface area contributed by atoms with E-state index in [2.05, 4.69) is 0 Å². The molecule has 5 rings (SSSR count). The summed E-state index contributed by atoms with van der Waals surface area (Å²) in [7, 11) is 3.18. The van der Waals surface area contributed by atoms with Crippen LogP contribution in [0, 0.1) is 12.7 Å². The molecule has 0 radical (unpaired) electrons. The molecular weight excluding hydrogens is 606 g/mol. The van der Waals surface area contributed by atoms with Crippen molar-refractivity contribution in [3.63, 3.8) is 0 Å². The number of nitrogens with zero attached hydrogens (tertiary/aromatic N) is 4. The Hall–Kier alpha value is -3.82. The van der Waals surface area contributed by atoms with Gasteiger partial charge in [0.05, 0.1) is 28.9 Å². The van der Waals surface area contributed by atoms with Crippen LogP contribution in [0.2, 0.25) is 10.0 Å². The quantitative estimate of drug-likeness (QED) is 0.206. The lowest BCUT2D eigenvalue weighted by Crippen LogP contribution is -2.42. The molecule has 2 heterocycles. The van der Waals surface area contributed by atoms with Crippen molar-refractivity contribution >= 4 is 40.8 Å². The van der Waals surface area contributed by atoms with Gasteiger partial charge in [-0.05, 0) is 93.6 Å². The average Bonchev–Trinajstić information content (AvgIpc) is 3.58. The van der Waals surface area contributed by atoms with Gasteiger partial charge in [0, 0.05) is 25.7 Å². The molecule has 2 amide bonds. The fourth-order valence-corrected chi connectivity index (χ4v) is 6.03. The zero-order chi connectivity index (χ0) is 31.9. The van der Waals surface area contributed by atoms with Gasteiger partial charge < -0.3 is 19.3 Å². The van der Waals surface area contributed by atoms with Crippen molar-refractivity contribution in [2.24, 2.45) is 0 Å². The predicted molar refractivity (Wildman–Crippen MR) is 169 cm³/mol. The van der Waals surface area contributed by atoms with Crippen molar-refractivity contribution in [1.29, 1.82) is 0 Å². The van der Waals surface area contributed by atoms with Gasteiger partial charge in [-0.2, -0.15) is 0 Å². The fraction of sp³-hybridized carbons (Fsp3) is 0.364. The van der Waals surface area contributed by atoms with Crippen LogP contribution in [-0.2, 0) is 11.2 Å². The molecule has 232 valence electrons. The molecule has 0 N–H and O–H groups in total. The molecule has 1 aliphatic rings. The zero-order valence-electron chi connectivity index (χ0n) is 25.6. The standard InChI is InChI=1S/C33H35Cl2FN4O4/c1-19-18-20(10-14-24(19)36)30-29(37-26-8-7-9-27(43-6)40(26)30)31(41)39(17-16-38(5)32(42)44-33(2,3)4)25-15-12-22-21(25)11-13-23(34)28(22)35/h7-11,13-14,18,25H,12,15-17H2,1-6H3. The summed E-state index contributed by atoms with van der Waals surface area (Å²) in [6, 6.07) is 13.3. The van der Waals surface area contributed by atoms with Crippen LogP contribution in [0.5, 0.6) is 5.88 Å². The number of pyridine rings is 1. The van der Waals surface area contributed by atoms with E-state index in [0.29, 0.717) is 51.2 Å². The second-order valence-electron chi connectivity index (χ2n) is 11.9. The molecule has 2 aromatic heterocycles. The number of aromatic nitrogens is 2. The summed E-state index contributed by atoms with van der Waals surface area (Å²) in [5.41, 5.74) is 3.31. The highest BCUT2D eigenvalue weighted by atomic mass is 35.5. The number of amides is 2. The molecule has 1 unspecified atom stereocenters. The minimum absolute atomic E-state index is 0.175. The molecule has 0 aliphatic heterocycles. The lowest BCUT2D eigenvalue weighted by Gasteiger charge is -2.32. The van der Waals surface area contributed by atoms with Crippen LogP contribution >= 0.6 is 23.2 Å². The largest absolute Gasteiger partial charge is 0.482 e. The number of likely N-dealkylation sites (N-methyl/N-ethyl adjacent to an activating group) is 1. The number of ether oxygens (including phenoxy) is 2. The Labute approximate surface area is 266 Å². The maximum absolute atomic E-state index is 14.8. The van der Waals surface area contributed by atoms with Gasteiger partial charge >= 0.3 is 6.09 Å². The van der Waals surface area contributed by atoms with Gasteiger partial charge in [-0.1, -0.05) is 35.3 Å². The van der Waals surface area contributed by atoms with Gasteiger partial charge in [-0.15, -0.1) is 0 Å². The molecule has 2 aromatic carbocycles. The Morgan fingerprint density at radius 1 is 1.11 bits per heavy atom. The highest BCUT2D eigenvalue weighted by Crippen LogP contribution is 2.43. The third-order valence-electron chi connectivity index (χ3n) is 7.73. The van der Waals surface area contributed by atoms with E-state index in [1.54, 1.807) is 87.6 Å². The van der Waals surface area contributed by atoms with Crippen molar-refractivity contribution in [2.75, 3.05) is 27.2 Å². The SMILES string of the molecule is COc1cccc2nc(C(=O)N(CCN(C)C(=O)OC(C)(C)C)C3CCc4c3ccc(Cl)c4Cl)c(-c3ccc(F)c(C)c3)n12. The molecule has 0 spiro atoms. The number of carbonyl (C=O) groups is 2. The Kier molecular flexibility index (Phi) is 8.82. The van der Waals surface area contributed by atoms with E-state index < -0.39 is 11.7 Å². The number of rotatable bonds is 7. The monoisotopic (exact) mass is 640 g/mol. The first-order valence-corrected chi connectivity index (χ1v) is 15.1. The van der Waals surface area contributed by atoms with E-state index in [0.717, 1.165) is 11.1 Å². The van der Waals surface area contributed by atoms with Crippen molar-refractivity contribution in [3.8, 4) is 17.1 Å². The number of benzene rings is 2. The van der Waals surface area contributed by atoms with E-state index in [-0.39, 0.29) is 36.5 Å². The summed E-state index contributed by atoms with van der Waals surface area (Å²) in [5.74, 6) is -0.239. The number of carbonyl (C=O) groups excluding carboxylic acids is 2. The van der Waals surface area contributed by atoms with Crippen molar-refractivity contribution < 1.29 is 23.5 Å². The van der Waals surface area contributed by atoms with Crippen LogP contribution in [0.4, 0.5) is 9.18 Å². The van der Waals surface area contributed by atoms with Crippen LogP contribution < -0.4 is 4.74 Å². The van der Waals surface area contributed by atoms with Crippen LogP contribution in [0.3, 0.4) is 0 Å². The average molecular weight is 642 g/mol. The first-order chi connectivity index (χ1) is 20.8. The number of hydrogen-bond acceptors (Lipinski definition) is 5. The van der Waals surface area contributed by atoms with E-state index in [4.69, 9.17) is 37.7 Å². The molecule has 0 bridgehead atoms. The molecule has 1 atom stereocenters. The minimum atomic E-state index is -0.668. The minimum Gasteiger partial charge on any atom is -0.482 e. The topological polar surface area (TPSA) is 76.4 Å². The third-order valence-corrected chi connectivity index (χ3v) is 8.57. The summed E-state index contributed by atoms with van der Waals surface area (Å²) >= 11 is 12.9. The Morgan fingerprint density at radius 2 is 1.86 bits per heavy atom. The summed E-state index contributed by atoms with van der Waals surface area (Å²) < 4.78 is 27.3. The number of imidazole rings is 1. The van der Waals surface area contributed by atoms with E-state index in [1.165, 1.54) is 11.0 Å². The van der Waals surface area contributed by atoms with Gasteiger partial charge in [0.25, 0.3) is 5.91 Å². The van der Waals surface area contributed by atoms with Gasteiger partial charge in [0.1, 0.15) is 17.1 Å². The number of halogens is 3. The Bertz CT molecular complexity index is 1750. The smallest absolute Gasteiger partial charge is 0.410 e. The van der Waals surface area contributed by atoms with Gasteiger partial charge in [-0.3, -0.25) is 9.20 Å². The Morgan fingerprint density at radius 3 is 2.55 bits per heavy atom. The second kappa shape index (κ2) is 12.3. The molecule has 0 saturated carbocycles. The highest BCUT2D eigenvalue weighted by molar-refractivity contribution is 6.42. The van der Waals surface area contributed by atoms with Crippen molar-refractivity contribution in [1.82, 2.24) is 19.2 Å². The lowest BCUT2D eigenvalue weighted by atomic mass is 10.0. The first kappa shape index (κ1) is 31.6. The molecule has 11 heteroatoms. The number of hydrogen-bond donors (Lipinski definition) is 0. The van der Waals surface area contributed by atoms with E-state index in [9.17, 15) is 14.0 Å². The summed E-state index contributed by atoms with van der Waals surface area (Å²) in [6.07, 6.45) is 0.749. The van der Waals surface area contributed by atoms with Crippen molar-refractivity contribution in [2.45, 2.75) is 52.2 Å². The maximum Gasteiger partial charge on any atom is 0.410 e. The van der Waals surface area contributed by atoms with E-state index in [1.807, 2.05) is 6.07 Å². The van der Waals surface area contributed by atoms with Crippen LogP contribution in [0.15, 0.2) is 48.5 Å². The molecule has 4 aromatic rings. The second-order valence-corrected chi connectivity index (χ2v) is 12.7. The van der Waals surface area contributed by atoms with Crippen LogP contribution in [-0.4, -0.2) is 64.0 Å². The predicted octanol–water partition coefficient (Wildman–Crippen LogP) is 7.76. The van der Waals surface area contributed by atoms with Gasteiger partial charge in [-0.25, -0.2) is 14.2 Å². The molecule has 44 heavy (non-hydrogen) atoms. The molecular formula is C33H35Cl2FN4O4. The molecule has 1 aliphatic carbocycles. The maximum atomic E-state index is 14.8. The molecule has 8 nitrogen and oxygen atoms in total. The summed E-state index contributed by atoms with van der Waals surface area (Å²) in [6.45, 7) is 7.46. The van der Waals surface area contributed by atoms with E-state index >= 15 is 0 Å². The number of methoxy groups -OCH3 is 1. The van der Waals surface area contributed by atoms with Gasteiger partial charge in [0.2, 0.25) is 0 Å². The number of fused-ring (bicyclic) bond motifs is 2. The van der Waals surface area contributed by atoms with Crippen molar-refractivity contribution in [3.05, 3.63) is 86.8 Å².